The molecule has 1 saturated heterocycles. The fourth-order valence-corrected chi connectivity index (χ4v) is 4.63. The van der Waals surface area contributed by atoms with Gasteiger partial charge in [0.2, 0.25) is 11.8 Å². The molecule has 32 heavy (non-hydrogen) atoms. The lowest BCUT2D eigenvalue weighted by Gasteiger charge is -2.34. The third-order valence-electron chi connectivity index (χ3n) is 4.94. The van der Waals surface area contributed by atoms with E-state index in [4.69, 9.17) is 23.2 Å². The average molecular weight is 497 g/mol. The third-order valence-corrected chi connectivity index (χ3v) is 6.35. The fraction of sp³-hybridized carbons (Fsp3) is 0.300. The summed E-state index contributed by atoms with van der Waals surface area (Å²) in [5, 5.41) is 12.2. The molecule has 0 aliphatic carbocycles. The standard InChI is InChI=1S/C20H19Cl2FN6O2S/c21-13-9-16(22)19-25-26-20(29(19)10-13)32-12-18(31)28-7-5-27(6-8-28)11-17(30)24-15-3-1-14(23)2-4-15/h1-4,9-10H,5-8,11-12H2,(H,24,30). The van der Waals surface area contributed by atoms with Crippen molar-refractivity contribution in [3.05, 3.63) is 52.4 Å². The van der Waals surface area contributed by atoms with E-state index in [1.54, 1.807) is 21.6 Å². The maximum atomic E-state index is 13.0. The molecule has 2 aromatic heterocycles. The van der Waals surface area contributed by atoms with Gasteiger partial charge in [-0.05, 0) is 30.3 Å². The van der Waals surface area contributed by atoms with Crippen molar-refractivity contribution >= 4 is 58.1 Å². The number of hydrogen-bond acceptors (Lipinski definition) is 6. The smallest absolute Gasteiger partial charge is 0.238 e. The van der Waals surface area contributed by atoms with Crippen LogP contribution >= 0.6 is 35.0 Å². The summed E-state index contributed by atoms with van der Waals surface area (Å²) in [6, 6.07) is 7.21. The van der Waals surface area contributed by atoms with Crippen LogP contribution in [0.4, 0.5) is 10.1 Å². The van der Waals surface area contributed by atoms with Crippen LogP contribution in [0.2, 0.25) is 10.0 Å². The lowest BCUT2D eigenvalue weighted by molar-refractivity contribution is -0.130. The van der Waals surface area contributed by atoms with Gasteiger partial charge in [-0.15, -0.1) is 10.2 Å². The van der Waals surface area contributed by atoms with Crippen molar-refractivity contribution < 1.29 is 14.0 Å². The second kappa shape index (κ2) is 10.0. The van der Waals surface area contributed by atoms with E-state index in [2.05, 4.69) is 15.5 Å². The molecule has 1 fully saturated rings. The van der Waals surface area contributed by atoms with Crippen LogP contribution < -0.4 is 5.32 Å². The number of anilines is 1. The molecule has 3 aromatic rings. The lowest BCUT2D eigenvalue weighted by Crippen LogP contribution is -2.50. The summed E-state index contributed by atoms with van der Waals surface area (Å²) in [5.41, 5.74) is 1.03. The van der Waals surface area contributed by atoms with Gasteiger partial charge in [0, 0.05) is 38.1 Å². The highest BCUT2D eigenvalue weighted by molar-refractivity contribution is 7.99. The number of nitrogens with one attached hydrogen (secondary N) is 1. The molecule has 0 bridgehead atoms. The largest absolute Gasteiger partial charge is 0.339 e. The molecular weight excluding hydrogens is 478 g/mol. The molecule has 0 saturated carbocycles. The van der Waals surface area contributed by atoms with Gasteiger partial charge >= 0.3 is 0 Å². The van der Waals surface area contributed by atoms with Gasteiger partial charge in [-0.25, -0.2) is 4.39 Å². The zero-order valence-electron chi connectivity index (χ0n) is 16.8. The van der Waals surface area contributed by atoms with E-state index < -0.39 is 0 Å². The molecule has 168 valence electrons. The maximum Gasteiger partial charge on any atom is 0.238 e. The van der Waals surface area contributed by atoms with Gasteiger partial charge in [-0.1, -0.05) is 35.0 Å². The van der Waals surface area contributed by atoms with Crippen LogP contribution in [0.25, 0.3) is 5.65 Å². The molecule has 3 heterocycles. The van der Waals surface area contributed by atoms with Gasteiger partial charge < -0.3 is 10.2 Å². The molecule has 0 radical (unpaired) electrons. The highest BCUT2D eigenvalue weighted by atomic mass is 35.5. The molecule has 1 N–H and O–H groups in total. The molecular formula is C20H19Cl2FN6O2S. The van der Waals surface area contributed by atoms with E-state index in [0.29, 0.717) is 52.7 Å². The predicted molar refractivity (Wildman–Crippen MR) is 122 cm³/mol. The molecule has 1 aliphatic rings. The normalized spacial score (nSPS) is 14.7. The van der Waals surface area contributed by atoms with Crippen LogP contribution in [0.5, 0.6) is 0 Å². The first-order valence-corrected chi connectivity index (χ1v) is 11.5. The van der Waals surface area contributed by atoms with Crippen molar-refractivity contribution in [2.24, 2.45) is 0 Å². The van der Waals surface area contributed by atoms with Crippen molar-refractivity contribution in [3.63, 3.8) is 0 Å². The molecule has 0 spiro atoms. The number of aromatic nitrogens is 3. The number of amides is 2. The number of thioether (sulfide) groups is 1. The Morgan fingerprint density at radius 2 is 1.81 bits per heavy atom. The quantitative estimate of drug-likeness (QED) is 0.528. The van der Waals surface area contributed by atoms with Gasteiger partial charge in [0.1, 0.15) is 5.82 Å². The summed E-state index contributed by atoms with van der Waals surface area (Å²) < 4.78 is 14.6. The average Bonchev–Trinajstić information content (AvgIpc) is 3.17. The molecule has 1 aromatic carbocycles. The van der Waals surface area contributed by atoms with Gasteiger partial charge in [-0.2, -0.15) is 0 Å². The zero-order chi connectivity index (χ0) is 22.7. The van der Waals surface area contributed by atoms with Crippen LogP contribution in [0.1, 0.15) is 0 Å². The molecule has 0 atom stereocenters. The molecule has 4 rings (SSSR count). The Labute approximate surface area is 197 Å². The number of fused-ring (bicyclic) bond motifs is 1. The molecule has 1 aliphatic heterocycles. The first-order chi connectivity index (χ1) is 15.4. The topological polar surface area (TPSA) is 82.8 Å². The van der Waals surface area contributed by atoms with E-state index in [-0.39, 0.29) is 29.9 Å². The van der Waals surface area contributed by atoms with Crippen molar-refractivity contribution in [2.45, 2.75) is 5.16 Å². The van der Waals surface area contributed by atoms with E-state index in [1.165, 1.54) is 36.0 Å². The summed E-state index contributed by atoms with van der Waals surface area (Å²) in [5.74, 6) is -0.347. The second-order valence-electron chi connectivity index (χ2n) is 7.18. The van der Waals surface area contributed by atoms with Crippen molar-refractivity contribution in [3.8, 4) is 0 Å². The second-order valence-corrected chi connectivity index (χ2v) is 8.97. The molecule has 0 unspecified atom stereocenters. The van der Waals surface area contributed by atoms with Crippen LogP contribution in [-0.4, -0.2) is 74.7 Å². The van der Waals surface area contributed by atoms with Gasteiger partial charge in [0.15, 0.2) is 10.8 Å². The van der Waals surface area contributed by atoms with Crippen LogP contribution in [-0.2, 0) is 9.59 Å². The third kappa shape index (κ3) is 5.50. The summed E-state index contributed by atoms with van der Waals surface area (Å²) in [7, 11) is 0. The fourth-order valence-electron chi connectivity index (χ4n) is 3.31. The number of carbonyl (C=O) groups is 2. The minimum atomic E-state index is -0.355. The van der Waals surface area contributed by atoms with Crippen LogP contribution in [0.15, 0.2) is 41.7 Å². The summed E-state index contributed by atoms with van der Waals surface area (Å²) in [6.45, 7) is 2.45. The molecule has 2 amide bonds. The van der Waals surface area contributed by atoms with E-state index in [9.17, 15) is 14.0 Å². The number of piperazine rings is 1. The highest BCUT2D eigenvalue weighted by Crippen LogP contribution is 2.25. The summed E-state index contributed by atoms with van der Waals surface area (Å²) in [4.78, 5) is 28.6. The number of pyridine rings is 1. The Morgan fingerprint density at radius 1 is 1.09 bits per heavy atom. The summed E-state index contributed by atoms with van der Waals surface area (Å²) in [6.07, 6.45) is 1.66. The Morgan fingerprint density at radius 3 is 2.53 bits per heavy atom. The summed E-state index contributed by atoms with van der Waals surface area (Å²) >= 11 is 13.4. The Bertz CT molecular complexity index is 1140. The monoisotopic (exact) mass is 496 g/mol. The van der Waals surface area contributed by atoms with Gasteiger partial charge in [-0.3, -0.25) is 18.9 Å². The zero-order valence-corrected chi connectivity index (χ0v) is 19.1. The first-order valence-electron chi connectivity index (χ1n) is 9.77. The SMILES string of the molecule is O=C(CN1CCN(C(=O)CSc2nnc3c(Cl)cc(Cl)cn23)CC1)Nc1ccc(F)cc1. The maximum absolute atomic E-state index is 13.0. The van der Waals surface area contributed by atoms with Crippen LogP contribution in [0, 0.1) is 5.82 Å². The minimum Gasteiger partial charge on any atom is -0.339 e. The Balaban J connectivity index is 1.24. The number of benzene rings is 1. The number of carbonyl (C=O) groups excluding carboxylic acids is 2. The van der Waals surface area contributed by atoms with E-state index in [0.717, 1.165) is 0 Å². The Hall–Kier alpha value is -2.40. The van der Waals surface area contributed by atoms with E-state index >= 15 is 0 Å². The van der Waals surface area contributed by atoms with Crippen LogP contribution in [0.3, 0.4) is 0 Å². The van der Waals surface area contributed by atoms with Gasteiger partial charge in [0.25, 0.3) is 0 Å². The Kier molecular flexibility index (Phi) is 7.14. The van der Waals surface area contributed by atoms with Crippen molar-refractivity contribution in [2.75, 3.05) is 43.8 Å². The van der Waals surface area contributed by atoms with Gasteiger partial charge in [0.05, 0.1) is 22.3 Å². The number of halogens is 3. The number of nitrogens with zero attached hydrogens (tertiary/aromatic N) is 5. The lowest BCUT2D eigenvalue weighted by atomic mass is 10.3. The van der Waals surface area contributed by atoms with Crippen molar-refractivity contribution in [1.82, 2.24) is 24.4 Å². The molecule has 8 nitrogen and oxygen atoms in total. The van der Waals surface area contributed by atoms with Crippen molar-refractivity contribution in [1.29, 1.82) is 0 Å². The number of rotatable bonds is 6. The van der Waals surface area contributed by atoms with E-state index in [1.807, 2.05) is 4.90 Å². The molecule has 12 heteroatoms. The minimum absolute atomic E-state index is 0.0183. The number of hydrogen-bond donors (Lipinski definition) is 1. The predicted octanol–water partition coefficient (Wildman–Crippen LogP) is 3.05. The first kappa shape index (κ1) is 22.8. The highest BCUT2D eigenvalue weighted by Gasteiger charge is 2.23.